The van der Waals surface area contributed by atoms with Crippen molar-refractivity contribution in [1.29, 1.82) is 0 Å². The summed E-state index contributed by atoms with van der Waals surface area (Å²) in [5.41, 5.74) is 8.43. The number of hydrogen-bond acceptors (Lipinski definition) is 5. The van der Waals surface area contributed by atoms with Gasteiger partial charge in [0.05, 0.1) is 12.8 Å². The molecule has 1 aliphatic heterocycles. The molecular formula is C19H24N4O3. The lowest BCUT2D eigenvalue weighted by Gasteiger charge is -2.33. The van der Waals surface area contributed by atoms with Crippen LogP contribution in [0.4, 0.5) is 11.4 Å². The van der Waals surface area contributed by atoms with Crippen LogP contribution in [0.2, 0.25) is 0 Å². The lowest BCUT2D eigenvalue weighted by Crippen LogP contribution is -2.50. The van der Waals surface area contributed by atoms with Crippen LogP contribution in [0.1, 0.15) is 23.0 Å². The first-order chi connectivity index (χ1) is 12.6. The molecule has 1 saturated heterocycles. The van der Waals surface area contributed by atoms with Crippen molar-refractivity contribution in [3.05, 3.63) is 47.9 Å². The van der Waals surface area contributed by atoms with Crippen LogP contribution >= 0.6 is 0 Å². The molecule has 2 heterocycles. The highest BCUT2D eigenvalue weighted by Crippen LogP contribution is 2.18. The molecule has 1 aromatic heterocycles. The van der Waals surface area contributed by atoms with Crippen LogP contribution in [0, 0.1) is 0 Å². The number of anilines is 2. The predicted octanol–water partition coefficient (Wildman–Crippen LogP) is 1.82. The molecule has 1 fully saturated rings. The molecule has 7 heteroatoms. The summed E-state index contributed by atoms with van der Waals surface area (Å²) < 4.78 is 5.15. The van der Waals surface area contributed by atoms with Gasteiger partial charge < -0.3 is 20.4 Å². The summed E-state index contributed by atoms with van der Waals surface area (Å²) in [6, 6.07) is 8.96. The normalized spacial score (nSPS) is 15.0. The van der Waals surface area contributed by atoms with E-state index in [-0.39, 0.29) is 18.4 Å². The highest BCUT2D eigenvalue weighted by molar-refractivity contribution is 5.93. The summed E-state index contributed by atoms with van der Waals surface area (Å²) in [7, 11) is 0. The number of aryl methyl sites for hydroxylation is 1. The van der Waals surface area contributed by atoms with Crippen molar-refractivity contribution in [3.63, 3.8) is 0 Å². The lowest BCUT2D eigenvalue weighted by molar-refractivity contribution is -0.117. The number of rotatable bonds is 5. The number of hydrogen-bond donors (Lipinski definition) is 2. The number of amides is 2. The lowest BCUT2D eigenvalue weighted by atomic mass is 10.1. The summed E-state index contributed by atoms with van der Waals surface area (Å²) in [6.07, 6.45) is 2.36. The van der Waals surface area contributed by atoms with E-state index in [9.17, 15) is 9.59 Å². The van der Waals surface area contributed by atoms with Crippen LogP contribution in [0.3, 0.4) is 0 Å². The quantitative estimate of drug-likeness (QED) is 0.798. The van der Waals surface area contributed by atoms with E-state index in [1.807, 2.05) is 24.0 Å². The van der Waals surface area contributed by atoms with Gasteiger partial charge in [0.2, 0.25) is 5.91 Å². The van der Waals surface area contributed by atoms with Crippen molar-refractivity contribution in [2.45, 2.75) is 13.3 Å². The molecule has 3 N–H and O–H groups in total. The molecule has 138 valence electrons. The van der Waals surface area contributed by atoms with Gasteiger partial charge in [0.15, 0.2) is 5.76 Å². The molecule has 0 bridgehead atoms. The van der Waals surface area contributed by atoms with E-state index >= 15 is 0 Å². The average molecular weight is 356 g/mol. The van der Waals surface area contributed by atoms with Crippen LogP contribution in [-0.2, 0) is 11.2 Å². The van der Waals surface area contributed by atoms with Crippen molar-refractivity contribution in [1.82, 2.24) is 9.80 Å². The van der Waals surface area contributed by atoms with Gasteiger partial charge in [0.1, 0.15) is 0 Å². The average Bonchev–Trinajstić information content (AvgIpc) is 3.16. The Bertz CT molecular complexity index is 765. The summed E-state index contributed by atoms with van der Waals surface area (Å²) in [5.74, 6) is 0.161. The minimum atomic E-state index is -0.106. The Morgan fingerprint density at radius 3 is 2.58 bits per heavy atom. The Hall–Kier alpha value is -2.80. The van der Waals surface area contributed by atoms with Crippen LogP contribution < -0.4 is 11.1 Å². The molecule has 26 heavy (non-hydrogen) atoms. The number of furan rings is 1. The van der Waals surface area contributed by atoms with Gasteiger partial charge in [-0.05, 0) is 36.2 Å². The van der Waals surface area contributed by atoms with Crippen LogP contribution in [0.25, 0.3) is 0 Å². The molecule has 7 nitrogen and oxygen atoms in total. The number of benzene rings is 1. The molecule has 2 aromatic rings. The third kappa shape index (κ3) is 4.23. The first kappa shape index (κ1) is 18.0. The maximum Gasteiger partial charge on any atom is 0.289 e. The van der Waals surface area contributed by atoms with E-state index in [2.05, 4.69) is 5.32 Å². The van der Waals surface area contributed by atoms with Crippen LogP contribution in [0.15, 0.2) is 41.0 Å². The van der Waals surface area contributed by atoms with E-state index in [4.69, 9.17) is 10.2 Å². The predicted molar refractivity (Wildman–Crippen MR) is 99.9 cm³/mol. The third-order valence-corrected chi connectivity index (χ3v) is 4.57. The summed E-state index contributed by atoms with van der Waals surface area (Å²) in [4.78, 5) is 28.3. The standard InChI is InChI=1S/C19H24N4O3/c1-2-14-5-6-15(12-16(14)20)21-18(24)13-22-7-9-23(10-8-22)19(25)17-4-3-11-26-17/h3-6,11-12H,2,7-10,13,20H2,1H3,(H,21,24). The van der Waals surface area contributed by atoms with Crippen molar-refractivity contribution >= 4 is 23.2 Å². The Balaban J connectivity index is 1.47. The molecule has 1 aliphatic rings. The Morgan fingerprint density at radius 2 is 1.96 bits per heavy atom. The number of carbonyl (C=O) groups excluding carboxylic acids is 2. The third-order valence-electron chi connectivity index (χ3n) is 4.57. The van der Waals surface area contributed by atoms with Crippen molar-refractivity contribution in [2.75, 3.05) is 43.8 Å². The Kier molecular flexibility index (Phi) is 5.58. The molecule has 0 unspecified atom stereocenters. The first-order valence-electron chi connectivity index (χ1n) is 8.80. The second-order valence-corrected chi connectivity index (χ2v) is 6.36. The van der Waals surface area contributed by atoms with E-state index in [1.54, 1.807) is 23.1 Å². The van der Waals surface area contributed by atoms with Gasteiger partial charge in [-0.1, -0.05) is 13.0 Å². The molecule has 0 radical (unpaired) electrons. The maximum atomic E-state index is 12.3. The number of nitrogens with one attached hydrogen (secondary N) is 1. The van der Waals surface area contributed by atoms with E-state index in [0.717, 1.165) is 12.0 Å². The van der Waals surface area contributed by atoms with Crippen molar-refractivity contribution in [3.8, 4) is 0 Å². The summed E-state index contributed by atoms with van der Waals surface area (Å²) in [5, 5.41) is 2.88. The van der Waals surface area contributed by atoms with Gasteiger partial charge in [-0.3, -0.25) is 14.5 Å². The van der Waals surface area contributed by atoms with Crippen LogP contribution in [0.5, 0.6) is 0 Å². The fourth-order valence-corrected chi connectivity index (χ4v) is 3.06. The minimum Gasteiger partial charge on any atom is -0.459 e. The monoisotopic (exact) mass is 356 g/mol. The minimum absolute atomic E-state index is 0.0838. The Morgan fingerprint density at radius 1 is 1.19 bits per heavy atom. The molecule has 0 spiro atoms. The number of nitrogens with two attached hydrogens (primary N) is 1. The zero-order chi connectivity index (χ0) is 18.5. The number of nitrogen functional groups attached to an aromatic ring is 1. The second-order valence-electron chi connectivity index (χ2n) is 6.36. The fraction of sp³-hybridized carbons (Fsp3) is 0.368. The zero-order valence-electron chi connectivity index (χ0n) is 14.9. The topological polar surface area (TPSA) is 91.8 Å². The van der Waals surface area contributed by atoms with Crippen LogP contribution in [-0.4, -0.2) is 54.3 Å². The van der Waals surface area contributed by atoms with Gasteiger partial charge in [-0.15, -0.1) is 0 Å². The smallest absolute Gasteiger partial charge is 0.289 e. The highest BCUT2D eigenvalue weighted by Gasteiger charge is 2.24. The highest BCUT2D eigenvalue weighted by atomic mass is 16.3. The molecule has 0 atom stereocenters. The number of carbonyl (C=O) groups is 2. The maximum absolute atomic E-state index is 12.3. The zero-order valence-corrected chi connectivity index (χ0v) is 14.9. The SMILES string of the molecule is CCc1ccc(NC(=O)CN2CCN(C(=O)c3ccco3)CC2)cc1N. The largest absolute Gasteiger partial charge is 0.459 e. The van der Waals surface area contributed by atoms with Gasteiger partial charge in [0.25, 0.3) is 5.91 Å². The van der Waals surface area contributed by atoms with Crippen molar-refractivity contribution < 1.29 is 14.0 Å². The molecule has 0 saturated carbocycles. The summed E-state index contributed by atoms with van der Waals surface area (Å²) in [6.45, 7) is 4.78. The fourth-order valence-electron chi connectivity index (χ4n) is 3.06. The van der Waals surface area contributed by atoms with E-state index in [0.29, 0.717) is 43.3 Å². The molecule has 3 rings (SSSR count). The number of piperazine rings is 1. The molecule has 1 aromatic carbocycles. The first-order valence-corrected chi connectivity index (χ1v) is 8.80. The van der Waals surface area contributed by atoms with Crippen molar-refractivity contribution in [2.24, 2.45) is 0 Å². The van der Waals surface area contributed by atoms with Gasteiger partial charge in [-0.25, -0.2) is 0 Å². The van der Waals surface area contributed by atoms with Gasteiger partial charge >= 0.3 is 0 Å². The second kappa shape index (κ2) is 8.05. The van der Waals surface area contributed by atoms with Gasteiger partial charge in [0, 0.05) is 37.6 Å². The van der Waals surface area contributed by atoms with E-state index in [1.165, 1.54) is 6.26 Å². The van der Waals surface area contributed by atoms with E-state index < -0.39 is 0 Å². The molecule has 0 aliphatic carbocycles. The number of nitrogens with zero attached hydrogens (tertiary/aromatic N) is 2. The van der Waals surface area contributed by atoms with Gasteiger partial charge in [-0.2, -0.15) is 0 Å². The molecular weight excluding hydrogens is 332 g/mol. The molecule has 2 amide bonds. The Labute approximate surface area is 152 Å². The summed E-state index contributed by atoms with van der Waals surface area (Å²) >= 11 is 0.